The number of nitrogens with two attached hydrogens (primary N) is 1. The van der Waals surface area contributed by atoms with Crippen molar-refractivity contribution in [2.75, 3.05) is 6.61 Å². The number of unbranched alkanes of at least 4 members (excludes halogenated alkanes) is 8. The quantitative estimate of drug-likeness (QED) is 0.0204. The van der Waals surface area contributed by atoms with Crippen molar-refractivity contribution in [1.82, 2.24) is 21.3 Å². The van der Waals surface area contributed by atoms with E-state index in [0.717, 1.165) is 81.3 Å². The molecule has 486 valence electrons. The van der Waals surface area contributed by atoms with E-state index in [4.69, 9.17) is 34.6 Å². The molecular formula is C59H74F3N7O20. The zero-order chi connectivity index (χ0) is 65.7. The lowest BCUT2D eigenvalue weighted by molar-refractivity contribution is -0.385. The zero-order valence-corrected chi connectivity index (χ0v) is 48.8. The molecule has 0 aliphatic carbocycles. The summed E-state index contributed by atoms with van der Waals surface area (Å²) in [6, 6.07) is 10.6. The van der Waals surface area contributed by atoms with Gasteiger partial charge in [0.25, 0.3) is 5.69 Å². The van der Waals surface area contributed by atoms with Crippen LogP contribution in [0.4, 0.5) is 24.5 Å². The van der Waals surface area contributed by atoms with Gasteiger partial charge in [-0.1, -0.05) is 109 Å². The maximum absolute atomic E-state index is 14.8. The monoisotopic (exact) mass is 1260 g/mol. The third-order valence-electron chi connectivity index (χ3n) is 14.2. The standard InChI is InChI=1S/C57H73N7O18.C2HF3O2/c1-4-5-6-7-8-9-10-11-15-18-46(66)61-48-50(68)49(67)45(31-65)81-57(48)82-52-43(79-37-22-20-36(21-23-37)63(75)76)29-35-30-44(52)80-42-24-19-34(28-41(42)64(77)78)27-40(59-53(70)38(58)25-32(2)3)54(71)60-39(26-33-16-13-12-14-17-33)55(72)62-47(35)51(69)56(73)74;3-2(4,5)1(6)7/h12-14,16-17,19-24,28-30,32,38-40,45,47-51,57,65,67-69H,4-11,15,18,25-27,31,58H2,1-3H3,(H,59,70)(H,60,71)(H,61,66)(H,62,72)(H,73,74);(H,6,7)/t38-,39-,40+,45-,47-,48-,49-,50-,51-,57+;/m1./s1. The Hall–Kier alpha value is -8.55. The van der Waals surface area contributed by atoms with Crippen molar-refractivity contribution >= 4 is 46.9 Å². The molecule has 0 aromatic heterocycles. The van der Waals surface area contributed by atoms with Gasteiger partial charge in [0.1, 0.15) is 42.2 Å². The molecule has 89 heavy (non-hydrogen) atoms. The molecule has 0 saturated carbocycles. The van der Waals surface area contributed by atoms with Crippen molar-refractivity contribution in [1.29, 1.82) is 0 Å². The Morgan fingerprint density at radius 3 is 2.02 bits per heavy atom. The summed E-state index contributed by atoms with van der Waals surface area (Å²) in [5.41, 5.74) is 5.36. The van der Waals surface area contributed by atoms with Gasteiger partial charge in [0.05, 0.1) is 28.5 Å². The van der Waals surface area contributed by atoms with E-state index in [1.807, 2.05) is 13.8 Å². The van der Waals surface area contributed by atoms with Gasteiger partial charge in [-0.3, -0.25) is 39.4 Å². The summed E-state index contributed by atoms with van der Waals surface area (Å²) in [4.78, 5) is 102. The summed E-state index contributed by atoms with van der Waals surface area (Å²) in [6.45, 7) is 4.91. The van der Waals surface area contributed by atoms with Crippen LogP contribution in [0.25, 0.3) is 0 Å². The second kappa shape index (κ2) is 33.7. The highest BCUT2D eigenvalue weighted by atomic mass is 19.4. The number of nitrogens with zero attached hydrogens (tertiary/aromatic N) is 2. The second-order valence-electron chi connectivity index (χ2n) is 21.7. The Morgan fingerprint density at radius 2 is 1.45 bits per heavy atom. The normalized spacial score (nSPS) is 20.9. The molecule has 10 atom stereocenters. The molecule has 3 aliphatic heterocycles. The van der Waals surface area contributed by atoms with E-state index in [1.54, 1.807) is 30.3 Å². The minimum Gasteiger partial charge on any atom is -0.479 e. The number of amides is 4. The van der Waals surface area contributed by atoms with Gasteiger partial charge in [-0.15, -0.1) is 0 Å². The first-order chi connectivity index (χ1) is 42.1. The van der Waals surface area contributed by atoms with Gasteiger partial charge in [-0.25, -0.2) is 9.59 Å². The highest BCUT2D eigenvalue weighted by Gasteiger charge is 2.47. The Morgan fingerprint density at radius 1 is 0.820 bits per heavy atom. The fraction of sp³-hybridized carbons (Fsp3) is 0.492. The first kappa shape index (κ1) is 71.2. The van der Waals surface area contributed by atoms with Crippen molar-refractivity contribution in [2.45, 2.75) is 171 Å². The lowest BCUT2D eigenvalue weighted by atomic mass is 9.96. The van der Waals surface area contributed by atoms with E-state index in [-0.39, 0.29) is 47.7 Å². The van der Waals surface area contributed by atoms with Crippen molar-refractivity contribution in [3.63, 3.8) is 0 Å². The Kier molecular flexibility index (Phi) is 27.0. The smallest absolute Gasteiger partial charge is 0.479 e. The molecular weight excluding hydrogens is 1180 g/mol. The number of hydrogen-bond donors (Lipinski definition) is 11. The number of aliphatic hydroxyl groups is 4. The number of rotatable bonds is 26. The van der Waals surface area contributed by atoms with E-state index in [2.05, 4.69) is 28.2 Å². The molecule has 3 aliphatic rings. The topological polar surface area (TPSA) is 421 Å². The van der Waals surface area contributed by atoms with Crippen LogP contribution in [0.1, 0.15) is 114 Å². The molecule has 4 aromatic rings. The Bertz CT molecular complexity index is 3070. The van der Waals surface area contributed by atoms with Crippen LogP contribution in [0.15, 0.2) is 84.9 Å². The van der Waals surface area contributed by atoms with Crippen LogP contribution in [0.5, 0.6) is 28.7 Å². The number of carbonyl (C=O) groups is 6. The molecule has 4 amide bonds. The van der Waals surface area contributed by atoms with Crippen LogP contribution in [0, 0.1) is 26.1 Å². The van der Waals surface area contributed by atoms with Crippen molar-refractivity contribution in [3.05, 3.63) is 122 Å². The molecule has 1 fully saturated rings. The zero-order valence-electron chi connectivity index (χ0n) is 48.8. The molecule has 4 aromatic carbocycles. The molecule has 4 bridgehead atoms. The Balaban J connectivity index is 0.00000194. The molecule has 3 heterocycles. The number of fused-ring (bicyclic) bond motifs is 9. The fourth-order valence-corrected chi connectivity index (χ4v) is 9.56. The number of nitro benzene ring substituents is 2. The first-order valence-corrected chi connectivity index (χ1v) is 28.7. The largest absolute Gasteiger partial charge is 0.490 e. The molecule has 1 saturated heterocycles. The maximum atomic E-state index is 14.8. The van der Waals surface area contributed by atoms with Crippen molar-refractivity contribution in [2.24, 2.45) is 11.7 Å². The van der Waals surface area contributed by atoms with Crippen LogP contribution in [0.2, 0.25) is 0 Å². The number of benzene rings is 4. The van der Waals surface area contributed by atoms with Crippen LogP contribution in [0.3, 0.4) is 0 Å². The number of ether oxygens (including phenoxy) is 4. The van der Waals surface area contributed by atoms with Gasteiger partial charge in [-0.2, -0.15) is 13.2 Å². The first-order valence-electron chi connectivity index (χ1n) is 28.7. The lowest BCUT2D eigenvalue weighted by Gasteiger charge is -2.42. The number of hydrogen-bond acceptors (Lipinski definition) is 19. The number of carboxylic acid groups (broad SMARTS) is 2. The summed E-state index contributed by atoms with van der Waals surface area (Å²) in [7, 11) is 0. The highest BCUT2D eigenvalue weighted by molar-refractivity contribution is 5.94. The number of halogens is 3. The minimum atomic E-state index is -5.08. The van der Waals surface area contributed by atoms with Gasteiger partial charge >= 0.3 is 23.8 Å². The summed E-state index contributed by atoms with van der Waals surface area (Å²) in [5.74, 6) is -10.4. The van der Waals surface area contributed by atoms with Gasteiger partial charge in [-0.05, 0) is 65.8 Å². The van der Waals surface area contributed by atoms with Gasteiger partial charge in [0.15, 0.2) is 17.6 Å². The van der Waals surface area contributed by atoms with Crippen LogP contribution in [-0.4, -0.2) is 144 Å². The van der Waals surface area contributed by atoms with E-state index in [1.165, 1.54) is 18.2 Å². The number of carboxylic acids is 2. The molecule has 27 nitrogen and oxygen atoms in total. The SMILES string of the molecule is CCCCCCCCCCCC(=O)N[C@H]1[C@H](Oc2c(Oc3ccc([N+](=O)[O-])cc3)cc3cc2Oc2ccc(cc2[N+](=O)[O-])C[C@H](NC(=O)[C@H](N)CC(C)C)C(=O)N[C@H](Cc2ccccc2)C(=O)N[C@H]3[C@@H](O)C(=O)O)O[C@H](CO)[C@@H](O)[C@@H]1O.O=C(O)C(F)(F)F. The van der Waals surface area contributed by atoms with E-state index >= 15 is 0 Å². The molecule has 0 spiro atoms. The van der Waals surface area contributed by atoms with Crippen LogP contribution in [-0.2, 0) is 46.3 Å². The van der Waals surface area contributed by atoms with Crippen molar-refractivity contribution < 1.29 is 101 Å². The van der Waals surface area contributed by atoms with Gasteiger partial charge < -0.3 is 76.6 Å². The van der Waals surface area contributed by atoms with E-state index < -0.39 is 154 Å². The number of carbonyl (C=O) groups excluding carboxylic acids is 4. The maximum Gasteiger partial charge on any atom is 0.490 e. The average Bonchev–Trinajstić information content (AvgIpc) is 1.64. The molecule has 12 N–H and O–H groups in total. The molecule has 0 radical (unpaired) electrons. The van der Waals surface area contributed by atoms with Gasteiger partial charge in [0.2, 0.25) is 41.4 Å². The van der Waals surface area contributed by atoms with E-state index in [0.29, 0.717) is 18.4 Å². The lowest BCUT2D eigenvalue weighted by Crippen LogP contribution is -2.65. The Labute approximate surface area is 508 Å². The summed E-state index contributed by atoms with van der Waals surface area (Å²) >= 11 is 0. The van der Waals surface area contributed by atoms with Crippen LogP contribution >= 0.6 is 0 Å². The molecule has 30 heteroatoms. The number of nitro groups is 2. The average molecular weight is 1260 g/mol. The van der Waals surface area contributed by atoms with Crippen molar-refractivity contribution in [3.8, 4) is 28.7 Å². The minimum absolute atomic E-state index is 0.0176. The predicted molar refractivity (Wildman–Crippen MR) is 308 cm³/mol. The summed E-state index contributed by atoms with van der Waals surface area (Å²) in [5, 5.41) is 97.4. The highest BCUT2D eigenvalue weighted by Crippen LogP contribution is 2.47. The number of aliphatic carboxylic acids is 2. The third-order valence-corrected chi connectivity index (χ3v) is 14.2. The van der Waals surface area contributed by atoms with Crippen LogP contribution < -0.4 is 41.2 Å². The molecule has 0 unspecified atom stereocenters. The second-order valence-corrected chi connectivity index (χ2v) is 21.7. The fourth-order valence-electron chi connectivity index (χ4n) is 9.56. The van der Waals surface area contributed by atoms with Gasteiger partial charge in [0, 0.05) is 37.5 Å². The number of non-ortho nitro benzene ring substituents is 1. The summed E-state index contributed by atoms with van der Waals surface area (Å²) < 4.78 is 56.9. The summed E-state index contributed by atoms with van der Waals surface area (Å²) in [6.07, 6.45) is -6.57. The number of alkyl halides is 3. The number of nitrogens with one attached hydrogen (secondary N) is 4. The number of aliphatic hydroxyl groups excluding tert-OH is 4. The predicted octanol–water partition coefficient (Wildman–Crippen LogP) is 5.69. The third kappa shape index (κ3) is 21.3. The van der Waals surface area contributed by atoms with E-state index in [9.17, 15) is 82.9 Å². The molecule has 7 rings (SSSR count).